The largest absolute Gasteiger partial charge is 0.497 e. The maximum Gasteiger partial charge on any atom is 0.341 e. The van der Waals surface area contributed by atoms with Gasteiger partial charge in [-0.1, -0.05) is 12.1 Å². The van der Waals surface area contributed by atoms with E-state index in [1.54, 1.807) is 13.2 Å². The molecule has 186 valence electrons. The average molecular weight is 492 g/mol. The molecule has 2 N–H and O–H groups in total. The number of methoxy groups -OCH3 is 1. The number of carboxylic acids is 1. The van der Waals surface area contributed by atoms with Crippen molar-refractivity contribution in [1.29, 1.82) is 0 Å². The summed E-state index contributed by atoms with van der Waals surface area (Å²) in [6, 6.07) is 12.5. The summed E-state index contributed by atoms with van der Waals surface area (Å²) in [5.74, 6) is -0.751. The van der Waals surface area contributed by atoms with Crippen LogP contribution in [0.2, 0.25) is 0 Å². The first-order chi connectivity index (χ1) is 15.8. The number of alkyl halides is 1. The van der Waals surface area contributed by atoms with Crippen molar-refractivity contribution >= 4 is 25.2 Å². The van der Waals surface area contributed by atoms with Gasteiger partial charge in [-0.3, -0.25) is 0 Å². The number of carbonyl (C=O) groups is 1. The fraction of sp³-hybridized carbons (Fsp3) is 0.519. The first-order valence-electron chi connectivity index (χ1n) is 11.9. The third-order valence-electron chi connectivity index (χ3n) is 7.43. The van der Waals surface area contributed by atoms with Gasteiger partial charge in [-0.15, -0.1) is 0 Å². The van der Waals surface area contributed by atoms with Crippen molar-refractivity contribution in [3.63, 3.8) is 0 Å². The zero-order chi connectivity index (χ0) is 23.6. The standard InChI is InChI=1S/C27H33F2NO3.H2S/c1-27(29,26(31)32)25(19-10-11-19)20-4-3-5-21(14-20)30-16-17-6-8-18(9-7-17)23-15-22(33-2)12-13-24(23)28;/h3-5,12-15,17-19,25,30H,6-11,16H2,1-2H3,(H,31,32);1H2/t17?,18?,25-,27?;/m0./s1. The van der Waals surface area contributed by atoms with E-state index in [4.69, 9.17) is 4.74 Å². The zero-order valence-electron chi connectivity index (χ0n) is 19.8. The van der Waals surface area contributed by atoms with Crippen LogP contribution in [0.15, 0.2) is 42.5 Å². The summed E-state index contributed by atoms with van der Waals surface area (Å²) in [5, 5.41) is 12.9. The molecule has 2 aliphatic rings. The second kappa shape index (κ2) is 11.0. The maximum atomic E-state index is 15.1. The smallest absolute Gasteiger partial charge is 0.341 e. The number of aliphatic carboxylic acids is 1. The van der Waals surface area contributed by atoms with E-state index in [1.807, 2.05) is 30.3 Å². The summed E-state index contributed by atoms with van der Waals surface area (Å²) in [6.07, 6.45) is 5.59. The van der Waals surface area contributed by atoms with E-state index in [0.717, 1.165) is 61.9 Å². The van der Waals surface area contributed by atoms with Crippen LogP contribution >= 0.6 is 13.5 Å². The average Bonchev–Trinajstić information content (AvgIpc) is 3.63. The summed E-state index contributed by atoms with van der Waals surface area (Å²) in [4.78, 5) is 11.5. The van der Waals surface area contributed by atoms with Crippen molar-refractivity contribution in [3.8, 4) is 5.75 Å². The second-order valence-electron chi connectivity index (χ2n) is 9.81. The van der Waals surface area contributed by atoms with Gasteiger partial charge in [-0.05, 0) is 105 Å². The minimum absolute atomic E-state index is 0. The van der Waals surface area contributed by atoms with Crippen LogP contribution < -0.4 is 10.1 Å². The molecule has 0 saturated heterocycles. The molecule has 2 aromatic rings. The molecule has 0 spiro atoms. The Morgan fingerprint density at radius 1 is 1.15 bits per heavy atom. The minimum Gasteiger partial charge on any atom is -0.497 e. The third-order valence-corrected chi connectivity index (χ3v) is 7.43. The molecule has 34 heavy (non-hydrogen) atoms. The first kappa shape index (κ1) is 26.3. The van der Waals surface area contributed by atoms with Crippen molar-refractivity contribution in [2.24, 2.45) is 11.8 Å². The lowest BCUT2D eigenvalue weighted by atomic mass is 9.78. The number of anilines is 1. The quantitative estimate of drug-likeness (QED) is 0.413. The highest BCUT2D eigenvalue weighted by atomic mass is 32.1. The van der Waals surface area contributed by atoms with Crippen LogP contribution in [0.5, 0.6) is 5.75 Å². The Morgan fingerprint density at radius 2 is 1.85 bits per heavy atom. The molecule has 0 amide bonds. The van der Waals surface area contributed by atoms with Crippen LogP contribution in [-0.2, 0) is 4.79 Å². The molecule has 0 aromatic heterocycles. The molecule has 0 heterocycles. The first-order valence-corrected chi connectivity index (χ1v) is 11.9. The molecule has 0 radical (unpaired) electrons. The Bertz CT molecular complexity index is 988. The number of ether oxygens (including phenoxy) is 1. The molecular weight excluding hydrogens is 456 g/mol. The monoisotopic (exact) mass is 491 g/mol. The number of hydrogen-bond acceptors (Lipinski definition) is 3. The molecular formula is C27H35F2NO3S. The normalized spacial score (nSPS) is 22.7. The summed E-state index contributed by atoms with van der Waals surface area (Å²) in [6.45, 7) is 1.97. The van der Waals surface area contributed by atoms with Crippen molar-refractivity contribution in [1.82, 2.24) is 0 Å². The van der Waals surface area contributed by atoms with Crippen LogP contribution in [0.4, 0.5) is 14.5 Å². The molecule has 4 nitrogen and oxygen atoms in total. The van der Waals surface area contributed by atoms with Crippen LogP contribution in [-0.4, -0.2) is 30.4 Å². The van der Waals surface area contributed by atoms with E-state index in [9.17, 15) is 14.3 Å². The van der Waals surface area contributed by atoms with Gasteiger partial charge >= 0.3 is 5.97 Å². The van der Waals surface area contributed by atoms with Gasteiger partial charge < -0.3 is 15.2 Å². The van der Waals surface area contributed by atoms with Gasteiger partial charge in [0.2, 0.25) is 5.67 Å². The highest BCUT2D eigenvalue weighted by molar-refractivity contribution is 7.59. The molecule has 7 heteroatoms. The van der Waals surface area contributed by atoms with E-state index in [1.165, 1.54) is 13.0 Å². The molecule has 4 rings (SSSR count). The van der Waals surface area contributed by atoms with Crippen LogP contribution in [0, 0.1) is 17.7 Å². The highest BCUT2D eigenvalue weighted by Gasteiger charge is 2.50. The number of halogens is 2. The van der Waals surface area contributed by atoms with Gasteiger partial charge in [-0.2, -0.15) is 13.5 Å². The fourth-order valence-corrected chi connectivity index (χ4v) is 5.33. The summed E-state index contributed by atoms with van der Waals surface area (Å²) in [7, 11) is 1.59. The van der Waals surface area contributed by atoms with E-state index in [2.05, 4.69) is 5.32 Å². The molecule has 1 unspecified atom stereocenters. The van der Waals surface area contributed by atoms with Crippen molar-refractivity contribution in [3.05, 3.63) is 59.4 Å². The Labute approximate surface area is 207 Å². The van der Waals surface area contributed by atoms with Gasteiger partial charge in [-0.25, -0.2) is 13.6 Å². The van der Waals surface area contributed by atoms with Crippen molar-refractivity contribution in [2.75, 3.05) is 19.0 Å². The van der Waals surface area contributed by atoms with Crippen LogP contribution in [0.1, 0.15) is 68.4 Å². The highest BCUT2D eigenvalue weighted by Crippen LogP contribution is 2.50. The summed E-state index contributed by atoms with van der Waals surface area (Å²) < 4.78 is 34.6. The molecule has 0 aliphatic heterocycles. The summed E-state index contributed by atoms with van der Waals surface area (Å²) in [5.41, 5.74) is 0.0906. The SMILES string of the molecule is COc1ccc(F)c(C2CCC(CNc3cccc([C@H](C4CC4)C(C)(F)C(=O)O)c3)CC2)c1.S. The lowest BCUT2D eigenvalue weighted by Crippen LogP contribution is -2.38. The van der Waals surface area contributed by atoms with Gasteiger partial charge in [0.25, 0.3) is 0 Å². The number of rotatable bonds is 9. The number of carboxylic acid groups (broad SMARTS) is 1. The molecule has 2 atom stereocenters. The topological polar surface area (TPSA) is 58.6 Å². The van der Waals surface area contributed by atoms with Crippen LogP contribution in [0.25, 0.3) is 0 Å². The number of hydrogen-bond donors (Lipinski definition) is 2. The van der Waals surface area contributed by atoms with E-state index < -0.39 is 17.6 Å². The van der Waals surface area contributed by atoms with Crippen molar-refractivity contribution < 1.29 is 23.4 Å². The fourth-order valence-electron chi connectivity index (χ4n) is 5.33. The predicted molar refractivity (Wildman–Crippen MR) is 136 cm³/mol. The number of nitrogens with one attached hydrogen (secondary N) is 1. The van der Waals surface area contributed by atoms with Crippen LogP contribution in [0.3, 0.4) is 0 Å². The van der Waals surface area contributed by atoms with Gasteiger partial charge in [0.1, 0.15) is 11.6 Å². The Balaban J connectivity index is 0.00000324. The molecule has 0 bridgehead atoms. The predicted octanol–water partition coefficient (Wildman–Crippen LogP) is 6.64. The maximum absolute atomic E-state index is 15.1. The van der Waals surface area contributed by atoms with E-state index >= 15 is 4.39 Å². The Morgan fingerprint density at radius 3 is 2.47 bits per heavy atom. The molecule has 2 aromatic carbocycles. The van der Waals surface area contributed by atoms with Gasteiger partial charge in [0.05, 0.1) is 7.11 Å². The van der Waals surface area contributed by atoms with Gasteiger partial charge in [0.15, 0.2) is 0 Å². The van der Waals surface area contributed by atoms with Gasteiger partial charge in [0, 0.05) is 18.2 Å². The second-order valence-corrected chi connectivity index (χ2v) is 9.81. The lowest BCUT2D eigenvalue weighted by Gasteiger charge is -2.30. The van der Waals surface area contributed by atoms with E-state index in [-0.39, 0.29) is 31.1 Å². The third kappa shape index (κ3) is 5.85. The minimum atomic E-state index is -2.28. The van der Waals surface area contributed by atoms with E-state index in [0.29, 0.717) is 11.7 Å². The Kier molecular flexibility index (Phi) is 8.50. The zero-order valence-corrected chi connectivity index (χ0v) is 20.8. The summed E-state index contributed by atoms with van der Waals surface area (Å²) >= 11 is 0. The lowest BCUT2D eigenvalue weighted by molar-refractivity contribution is -0.151. The Hall–Kier alpha value is -2.28. The number of benzene rings is 2. The van der Waals surface area contributed by atoms with Crippen molar-refractivity contribution in [2.45, 2.75) is 63.0 Å². The molecule has 2 saturated carbocycles. The molecule has 2 fully saturated rings. The molecule has 2 aliphatic carbocycles.